The Morgan fingerprint density at radius 1 is 1.12 bits per heavy atom. The molecule has 1 rings (SSSR count). The number of nitrogens with zero attached hydrogens (tertiary/aromatic N) is 1. The highest BCUT2D eigenvalue weighted by Gasteiger charge is 2.38. The van der Waals surface area contributed by atoms with Crippen LogP contribution in [0.2, 0.25) is 0 Å². The average molecular weight is 354 g/mol. The van der Waals surface area contributed by atoms with Gasteiger partial charge in [-0.2, -0.15) is 0 Å². The molecular formula is C20H35NO4. The molecular weight excluding hydrogens is 318 g/mol. The molecule has 1 saturated heterocycles. The summed E-state index contributed by atoms with van der Waals surface area (Å²) in [5.74, 6) is -0.217. The third-order valence-corrected chi connectivity index (χ3v) is 4.76. The standard InChI is InChI=1S/C20H35NO4/c1-13(22)21-12-15(23)10-16(21)17(24)9-8-14(11-19(2,3)4)18(25)20(5,6)7/h14-16,23H,8-12H2,1-7H3. The summed E-state index contributed by atoms with van der Waals surface area (Å²) < 4.78 is 0. The van der Waals surface area contributed by atoms with Crippen LogP contribution >= 0.6 is 0 Å². The van der Waals surface area contributed by atoms with Crippen molar-refractivity contribution in [2.24, 2.45) is 16.7 Å². The Kier molecular flexibility index (Phi) is 6.96. The highest BCUT2D eigenvalue weighted by Crippen LogP contribution is 2.33. The van der Waals surface area contributed by atoms with Crippen LogP contribution in [-0.2, 0) is 14.4 Å². The number of carbonyl (C=O) groups excluding carboxylic acids is 3. The lowest BCUT2D eigenvalue weighted by Crippen LogP contribution is -2.40. The number of ketones is 2. The molecule has 3 atom stereocenters. The maximum absolute atomic E-state index is 12.8. The monoisotopic (exact) mass is 353 g/mol. The van der Waals surface area contributed by atoms with E-state index < -0.39 is 17.6 Å². The van der Waals surface area contributed by atoms with Gasteiger partial charge in [0.15, 0.2) is 5.78 Å². The number of β-amino-alcohol motifs (C(OH)–C–C–N with tert-alkyl or cyclic N) is 1. The van der Waals surface area contributed by atoms with Crippen molar-refractivity contribution in [1.82, 2.24) is 4.90 Å². The quantitative estimate of drug-likeness (QED) is 0.796. The van der Waals surface area contributed by atoms with Crippen molar-refractivity contribution in [2.45, 2.75) is 86.3 Å². The number of likely N-dealkylation sites (tertiary alicyclic amines) is 1. The van der Waals surface area contributed by atoms with Gasteiger partial charge in [-0.1, -0.05) is 41.5 Å². The smallest absolute Gasteiger partial charge is 0.220 e. The van der Waals surface area contributed by atoms with Gasteiger partial charge < -0.3 is 10.0 Å². The number of amides is 1. The summed E-state index contributed by atoms with van der Waals surface area (Å²) in [5, 5.41) is 9.79. The van der Waals surface area contributed by atoms with E-state index in [-0.39, 0.29) is 41.8 Å². The van der Waals surface area contributed by atoms with Gasteiger partial charge in [0.2, 0.25) is 5.91 Å². The summed E-state index contributed by atoms with van der Waals surface area (Å²) in [7, 11) is 0. The second-order valence-corrected chi connectivity index (χ2v) is 9.66. The summed E-state index contributed by atoms with van der Waals surface area (Å²) in [6, 6.07) is -0.549. The molecule has 0 aromatic heterocycles. The van der Waals surface area contributed by atoms with Crippen LogP contribution < -0.4 is 0 Å². The van der Waals surface area contributed by atoms with Crippen molar-refractivity contribution >= 4 is 17.5 Å². The topological polar surface area (TPSA) is 74.7 Å². The molecule has 1 fully saturated rings. The minimum Gasteiger partial charge on any atom is -0.391 e. The molecule has 0 aliphatic carbocycles. The number of aliphatic hydroxyl groups is 1. The number of hydrogen-bond acceptors (Lipinski definition) is 4. The zero-order chi connectivity index (χ0) is 19.6. The average Bonchev–Trinajstić information content (AvgIpc) is 2.82. The predicted octanol–water partition coefficient (Wildman–Crippen LogP) is 2.99. The molecule has 25 heavy (non-hydrogen) atoms. The van der Waals surface area contributed by atoms with Gasteiger partial charge in [-0.25, -0.2) is 0 Å². The predicted molar refractivity (Wildman–Crippen MR) is 98.1 cm³/mol. The minimum absolute atomic E-state index is 0.00357. The van der Waals surface area contributed by atoms with Crippen molar-refractivity contribution in [3.05, 3.63) is 0 Å². The summed E-state index contributed by atoms with van der Waals surface area (Å²) in [6.07, 6.45) is 1.17. The maximum Gasteiger partial charge on any atom is 0.220 e. The highest BCUT2D eigenvalue weighted by atomic mass is 16.3. The van der Waals surface area contributed by atoms with Gasteiger partial charge in [0.25, 0.3) is 0 Å². The van der Waals surface area contributed by atoms with E-state index in [1.165, 1.54) is 11.8 Å². The van der Waals surface area contributed by atoms with E-state index in [0.29, 0.717) is 12.8 Å². The molecule has 0 aromatic carbocycles. The number of carbonyl (C=O) groups is 3. The highest BCUT2D eigenvalue weighted by molar-refractivity contribution is 5.90. The second-order valence-electron chi connectivity index (χ2n) is 9.66. The molecule has 1 N–H and O–H groups in total. The Balaban J connectivity index is 2.80. The van der Waals surface area contributed by atoms with Crippen LogP contribution in [0.3, 0.4) is 0 Å². The van der Waals surface area contributed by atoms with Gasteiger partial charge in [0.05, 0.1) is 12.1 Å². The van der Waals surface area contributed by atoms with E-state index in [1.807, 2.05) is 20.8 Å². The number of rotatable bonds is 6. The van der Waals surface area contributed by atoms with Crippen molar-refractivity contribution in [3.63, 3.8) is 0 Å². The van der Waals surface area contributed by atoms with Gasteiger partial charge >= 0.3 is 0 Å². The van der Waals surface area contributed by atoms with Gasteiger partial charge in [-0.05, 0) is 18.3 Å². The first kappa shape index (κ1) is 21.8. The Morgan fingerprint density at radius 3 is 2.12 bits per heavy atom. The van der Waals surface area contributed by atoms with Gasteiger partial charge in [0.1, 0.15) is 5.78 Å². The third-order valence-electron chi connectivity index (χ3n) is 4.76. The van der Waals surface area contributed by atoms with Crippen LogP contribution in [0, 0.1) is 16.7 Å². The van der Waals surface area contributed by atoms with Crippen LogP contribution in [-0.4, -0.2) is 46.2 Å². The first-order valence-electron chi connectivity index (χ1n) is 9.24. The van der Waals surface area contributed by atoms with Gasteiger partial charge in [0, 0.05) is 37.6 Å². The van der Waals surface area contributed by atoms with Crippen LogP contribution in [0.4, 0.5) is 0 Å². The largest absolute Gasteiger partial charge is 0.391 e. The molecule has 0 bridgehead atoms. The summed E-state index contributed by atoms with van der Waals surface area (Å²) in [6.45, 7) is 13.7. The number of Topliss-reactive ketones (excluding diaryl/α,β-unsaturated/α-hetero) is 2. The molecule has 5 heteroatoms. The summed E-state index contributed by atoms with van der Waals surface area (Å²) in [4.78, 5) is 38.6. The summed E-state index contributed by atoms with van der Waals surface area (Å²) in [5.41, 5.74) is -0.433. The van der Waals surface area contributed by atoms with E-state index in [1.54, 1.807) is 0 Å². The van der Waals surface area contributed by atoms with E-state index in [0.717, 1.165) is 6.42 Å². The zero-order valence-corrected chi connectivity index (χ0v) is 16.9. The van der Waals surface area contributed by atoms with Crippen molar-refractivity contribution in [3.8, 4) is 0 Å². The Hall–Kier alpha value is -1.23. The fourth-order valence-electron chi connectivity index (χ4n) is 3.63. The lowest BCUT2D eigenvalue weighted by Gasteiger charge is -2.30. The molecule has 0 radical (unpaired) electrons. The molecule has 0 saturated carbocycles. The molecule has 1 heterocycles. The Morgan fingerprint density at radius 2 is 1.68 bits per heavy atom. The fourth-order valence-corrected chi connectivity index (χ4v) is 3.63. The van der Waals surface area contributed by atoms with Crippen LogP contribution in [0.25, 0.3) is 0 Å². The molecule has 3 unspecified atom stereocenters. The first-order chi connectivity index (χ1) is 11.2. The lowest BCUT2D eigenvalue weighted by molar-refractivity contribution is -0.137. The first-order valence-corrected chi connectivity index (χ1v) is 9.24. The van der Waals surface area contributed by atoms with E-state index in [2.05, 4.69) is 20.8 Å². The molecule has 144 valence electrons. The van der Waals surface area contributed by atoms with Gasteiger partial charge in [-0.15, -0.1) is 0 Å². The summed E-state index contributed by atoms with van der Waals surface area (Å²) >= 11 is 0. The van der Waals surface area contributed by atoms with Gasteiger partial charge in [-0.3, -0.25) is 14.4 Å². The molecule has 0 spiro atoms. The fraction of sp³-hybridized carbons (Fsp3) is 0.850. The molecule has 1 amide bonds. The number of hydrogen-bond donors (Lipinski definition) is 1. The van der Waals surface area contributed by atoms with Crippen LogP contribution in [0.1, 0.15) is 74.1 Å². The van der Waals surface area contributed by atoms with Crippen LogP contribution in [0.5, 0.6) is 0 Å². The van der Waals surface area contributed by atoms with E-state index in [4.69, 9.17) is 0 Å². The maximum atomic E-state index is 12.8. The van der Waals surface area contributed by atoms with E-state index in [9.17, 15) is 19.5 Å². The van der Waals surface area contributed by atoms with Crippen molar-refractivity contribution in [2.75, 3.05) is 6.54 Å². The third kappa shape index (κ3) is 6.53. The van der Waals surface area contributed by atoms with E-state index >= 15 is 0 Å². The second kappa shape index (κ2) is 7.98. The van der Waals surface area contributed by atoms with Crippen molar-refractivity contribution in [1.29, 1.82) is 0 Å². The Bertz CT molecular complexity index is 513. The lowest BCUT2D eigenvalue weighted by atomic mass is 9.74. The molecule has 0 aromatic rings. The molecule has 1 aliphatic rings. The molecule has 5 nitrogen and oxygen atoms in total. The van der Waals surface area contributed by atoms with Crippen LogP contribution in [0.15, 0.2) is 0 Å². The molecule has 1 aliphatic heterocycles. The number of aliphatic hydroxyl groups excluding tert-OH is 1. The SMILES string of the molecule is CC(=O)N1CC(O)CC1C(=O)CCC(CC(C)(C)C)C(=O)C(C)(C)C. The normalized spacial score (nSPS) is 22.8. The van der Waals surface area contributed by atoms with Crippen molar-refractivity contribution < 1.29 is 19.5 Å². The minimum atomic E-state index is -0.639. The Labute approximate surface area is 152 Å². The zero-order valence-electron chi connectivity index (χ0n) is 16.9.